The number of amides is 14. The van der Waals surface area contributed by atoms with E-state index in [2.05, 4.69) is 94.1 Å². The van der Waals surface area contributed by atoms with E-state index in [4.69, 9.17) is 28.7 Å². The van der Waals surface area contributed by atoms with Crippen LogP contribution in [0.3, 0.4) is 0 Å². The minimum Gasteiger partial charge on any atom is -0.508 e. The Kier molecular flexibility index (Phi) is 42.7. The van der Waals surface area contributed by atoms with Crippen LogP contribution < -0.4 is 92.5 Å². The lowest BCUT2D eigenvalue weighted by molar-refractivity contribution is -0.143. The predicted octanol–water partition coefficient (Wildman–Crippen LogP) is -6.88. The fourth-order valence-corrected chi connectivity index (χ4v) is 11.8. The Morgan fingerprint density at radius 3 is 1.55 bits per heavy atom. The van der Waals surface area contributed by atoms with Crippen LogP contribution in [0.4, 0.5) is 0 Å². The third-order valence-electron chi connectivity index (χ3n) is 17.9. The number of guanidine groups is 1. The number of carboxylic acids is 3. The number of aliphatic hydroxyl groups excluding tert-OH is 1. The van der Waals surface area contributed by atoms with Crippen molar-refractivity contribution < 1.29 is 107 Å². The second-order valence-electron chi connectivity index (χ2n) is 26.8. The number of thiol groups is 2. The van der Waals surface area contributed by atoms with E-state index in [1.165, 1.54) is 36.1 Å². The van der Waals surface area contributed by atoms with Gasteiger partial charge in [-0.15, -0.1) is 0 Å². The second-order valence-corrected chi connectivity index (χ2v) is 27.5. The van der Waals surface area contributed by atoms with Gasteiger partial charge < -0.3 is 123 Å². The number of nitrogens with one attached hydrogen (secondary N) is 12. The van der Waals surface area contributed by atoms with Crippen molar-refractivity contribution in [3.05, 3.63) is 65.7 Å². The summed E-state index contributed by atoms with van der Waals surface area (Å²) in [6.07, 6.45) is -3.63. The highest BCUT2D eigenvalue weighted by molar-refractivity contribution is 7.80. The van der Waals surface area contributed by atoms with Gasteiger partial charge in [0.2, 0.25) is 82.7 Å². The van der Waals surface area contributed by atoms with Crippen LogP contribution in [-0.2, 0) is 94.3 Å². The molecule has 1 fully saturated rings. The first kappa shape index (κ1) is 96.3. The molecule has 0 bridgehead atoms. The number of nitrogens with two attached hydrogens (primary N) is 5. The van der Waals surface area contributed by atoms with E-state index < -0.39 is 248 Å². The van der Waals surface area contributed by atoms with Gasteiger partial charge in [-0.1, -0.05) is 69.2 Å². The first-order valence-electron chi connectivity index (χ1n) is 36.5. The van der Waals surface area contributed by atoms with Crippen molar-refractivity contribution in [1.82, 2.24) is 68.7 Å². The van der Waals surface area contributed by atoms with Gasteiger partial charge in [0.25, 0.3) is 0 Å². The molecule has 113 heavy (non-hydrogen) atoms. The average Bonchev–Trinajstić information content (AvgIpc) is 1.74. The molecule has 43 heteroatoms. The molecule has 0 aromatic heterocycles. The van der Waals surface area contributed by atoms with Crippen LogP contribution in [0, 0.1) is 5.92 Å². The van der Waals surface area contributed by atoms with Crippen LogP contribution in [0.15, 0.2) is 59.6 Å². The first-order valence-corrected chi connectivity index (χ1v) is 37.7. The molecule has 2 aromatic rings. The Bertz CT molecular complexity index is 3640. The third-order valence-corrected chi connectivity index (χ3v) is 18.6. The molecule has 0 saturated carbocycles. The van der Waals surface area contributed by atoms with Crippen LogP contribution >= 0.6 is 25.3 Å². The van der Waals surface area contributed by atoms with Crippen molar-refractivity contribution >= 4 is 132 Å². The number of aromatic hydroxyl groups is 1. The van der Waals surface area contributed by atoms with Crippen LogP contribution in [-0.4, -0.2) is 260 Å². The fourth-order valence-electron chi connectivity index (χ4n) is 11.3. The molecule has 41 nitrogen and oxygen atoms in total. The zero-order valence-corrected chi connectivity index (χ0v) is 64.7. The van der Waals surface area contributed by atoms with Crippen LogP contribution in [0.1, 0.15) is 122 Å². The normalized spacial score (nSPS) is 15.8. The molecule has 0 radical (unpaired) electrons. The number of phenolic OH excluding ortho intramolecular Hbond substituents is 1. The largest absolute Gasteiger partial charge is 0.508 e. The first-order chi connectivity index (χ1) is 53.4. The van der Waals surface area contributed by atoms with Crippen LogP contribution in [0.5, 0.6) is 5.75 Å². The summed E-state index contributed by atoms with van der Waals surface area (Å²) >= 11 is 8.36. The highest BCUT2D eigenvalue weighted by atomic mass is 32.1. The summed E-state index contributed by atoms with van der Waals surface area (Å²) in [7, 11) is 0. The van der Waals surface area contributed by atoms with Gasteiger partial charge in [-0.05, 0) is 100 Å². The molecular weight excluding hydrogens is 1520 g/mol. The average molecular weight is 1630 g/mol. The van der Waals surface area contributed by atoms with Crippen molar-refractivity contribution in [3.8, 4) is 5.75 Å². The number of primary amides is 1. The summed E-state index contributed by atoms with van der Waals surface area (Å²) < 4.78 is 0. The lowest BCUT2D eigenvalue weighted by Gasteiger charge is -2.30. The van der Waals surface area contributed by atoms with E-state index in [1.807, 2.05) is 0 Å². The van der Waals surface area contributed by atoms with Gasteiger partial charge in [0.1, 0.15) is 72.2 Å². The van der Waals surface area contributed by atoms with E-state index >= 15 is 0 Å². The minimum atomic E-state index is -1.84. The van der Waals surface area contributed by atoms with Gasteiger partial charge in [0, 0.05) is 56.7 Å². The molecule has 1 heterocycles. The third kappa shape index (κ3) is 35.1. The van der Waals surface area contributed by atoms with E-state index in [0.29, 0.717) is 36.9 Å². The van der Waals surface area contributed by atoms with Crippen LogP contribution in [0.25, 0.3) is 0 Å². The molecule has 14 amide bonds. The molecule has 0 spiro atoms. The number of aliphatic imine (C=N–C) groups is 1. The van der Waals surface area contributed by atoms with E-state index in [-0.39, 0.29) is 69.7 Å². The van der Waals surface area contributed by atoms with E-state index in [0.717, 1.165) is 6.92 Å². The number of likely N-dealkylation sites (tertiary alicyclic amines) is 1. The number of unbranched alkanes of at least 4 members (excludes halogenated alkanes) is 1. The second kappa shape index (κ2) is 50.2. The van der Waals surface area contributed by atoms with Gasteiger partial charge in [-0.3, -0.25) is 81.7 Å². The van der Waals surface area contributed by atoms with E-state index in [9.17, 15) is 107 Å². The summed E-state index contributed by atoms with van der Waals surface area (Å²) in [6, 6.07) is -4.79. The number of hydrogen-bond donors (Lipinski definition) is 24. The number of rotatable bonds is 52. The fraction of sp³-hybridized carbons (Fsp3) is 0.571. The summed E-state index contributed by atoms with van der Waals surface area (Å²) in [6.45, 7) is 3.14. The topological polar surface area (TPSA) is 681 Å². The number of nitrogens with zero attached hydrogens (tertiary/aromatic N) is 2. The van der Waals surface area contributed by atoms with Crippen molar-refractivity contribution in [2.45, 2.75) is 202 Å². The van der Waals surface area contributed by atoms with Gasteiger partial charge >= 0.3 is 17.9 Å². The number of carbonyl (C=O) groups excluding carboxylic acids is 14. The maximum Gasteiger partial charge on any atom is 0.326 e. The summed E-state index contributed by atoms with van der Waals surface area (Å²) in [5.74, 6) is -20.1. The Balaban J connectivity index is 1.78. The number of carboxylic acid groups (broad SMARTS) is 3. The Morgan fingerprint density at radius 1 is 0.522 bits per heavy atom. The molecule has 3 rings (SSSR count). The zero-order chi connectivity index (χ0) is 84.6. The summed E-state index contributed by atoms with van der Waals surface area (Å²) in [5, 5.41) is 78.4. The number of carbonyl (C=O) groups is 17. The monoisotopic (exact) mass is 1630 g/mol. The number of benzene rings is 2. The van der Waals surface area contributed by atoms with Crippen molar-refractivity contribution in [3.63, 3.8) is 0 Å². The smallest absolute Gasteiger partial charge is 0.326 e. The number of hydrogen-bond acceptors (Lipinski definition) is 24. The van der Waals surface area contributed by atoms with Gasteiger partial charge in [-0.2, -0.15) is 25.3 Å². The SMILES string of the molecule is CC[C@H](C)[C@H](NC(=O)[C@H](CCC(=O)O)NC(=O)[C@H](CCC(=O)O)NC(=O)[C@H](CS)NC(=O)[C@@H]1CCCN1C(=O)[C@H](CCCN=C(N)N)NC(=O)[C@@H](N)CCCCN)C(=O)N[C@@H](Cc1ccccc1)C(=O)NCC(=O)NCC(=O)N[C@@H](CS)C(=O)N[C@H](C(=O)N[C@@H](Cc1ccc(O)cc1)C(=O)N[C@@H](CCC(N)=O)C(=O)O)[C@@H](C)O. The van der Waals surface area contributed by atoms with Gasteiger partial charge in [0.15, 0.2) is 5.96 Å². The van der Waals surface area contributed by atoms with Gasteiger partial charge in [0.05, 0.1) is 25.2 Å². The molecule has 0 aliphatic carbocycles. The Labute approximate surface area is 662 Å². The number of phenols is 1. The van der Waals surface area contributed by atoms with Crippen molar-refractivity contribution in [2.75, 3.05) is 44.2 Å². The maximum absolute atomic E-state index is 14.5. The minimum absolute atomic E-state index is 0.0314. The standard InChI is InChI=1S/C70H107N19O22S2/c1-4-36(2)56(87-61(102)43(23-26-55(97)98)80-60(101)42(22-25-54(95)96)81-63(104)49(35-113)86-65(106)50-16-11-29-89(50)68(109)44(15-10-28-76-70(74)75)82-58(99)41(72)14-8-9-27-71)66(107)84-46(30-38-12-6-5-7-13-38)59(100)78-32-52(93)77-33-53(94)79-48(34-112)64(105)88-57(37(3)90)67(108)85-47(31-39-17-19-40(91)20-18-39)62(103)83-45(69(110)111)21-24-51(73)92/h5-7,12-13,17-20,36-37,41-50,56-57,90-91,112-113H,4,8-11,14-16,21-35,71-72H2,1-3H3,(H2,73,92)(H,77,93)(H,78,100)(H,79,94)(H,80,101)(H,81,104)(H,82,99)(H,83,103)(H,84,107)(H,85,108)(H,86,106)(H,87,102)(H,88,105)(H,95,96)(H,97,98)(H,110,111)(H4,74,75,76)/t36-,37+,41-,42-,43-,44-,45-,46-,47-,48-,49-,50-,56-,57-/m0/s1. The number of aliphatic carboxylic acids is 3. The Hall–Kier alpha value is -10.9. The summed E-state index contributed by atoms with van der Waals surface area (Å²) in [4.78, 5) is 233. The van der Waals surface area contributed by atoms with E-state index in [1.54, 1.807) is 37.3 Å². The molecule has 2 aromatic carbocycles. The molecule has 0 unspecified atom stereocenters. The van der Waals surface area contributed by atoms with Crippen molar-refractivity contribution in [2.24, 2.45) is 39.6 Å². The van der Waals surface area contributed by atoms with Crippen molar-refractivity contribution in [1.29, 1.82) is 0 Å². The number of aliphatic hydroxyl groups is 1. The molecule has 1 aliphatic rings. The highest BCUT2D eigenvalue weighted by Crippen LogP contribution is 2.22. The molecule has 1 aliphatic heterocycles. The highest BCUT2D eigenvalue weighted by Gasteiger charge is 2.41. The quantitative estimate of drug-likeness (QED) is 0.0127. The van der Waals surface area contributed by atoms with Gasteiger partial charge in [-0.25, -0.2) is 4.79 Å². The summed E-state index contributed by atoms with van der Waals surface area (Å²) in [5.41, 5.74) is 28.7. The van der Waals surface area contributed by atoms with Crippen LogP contribution in [0.2, 0.25) is 0 Å². The lowest BCUT2D eigenvalue weighted by atomic mass is 9.96. The predicted molar refractivity (Wildman–Crippen MR) is 411 cm³/mol. The molecule has 626 valence electrons. The molecular formula is C70H107N19O22S2. The molecule has 1 saturated heterocycles. The molecule has 14 atom stereocenters. The lowest BCUT2D eigenvalue weighted by Crippen LogP contribution is -2.61. The maximum atomic E-state index is 14.5. The molecule has 27 N–H and O–H groups in total. The zero-order valence-electron chi connectivity index (χ0n) is 62.9. The Morgan fingerprint density at radius 2 is 1.01 bits per heavy atom.